The Morgan fingerprint density at radius 2 is 2.05 bits per heavy atom. The van der Waals surface area contributed by atoms with Gasteiger partial charge in [0, 0.05) is 20.7 Å². The minimum Gasteiger partial charge on any atom is -0.383 e. The number of nitrogens with zero attached hydrogens (tertiary/aromatic N) is 1. The predicted molar refractivity (Wildman–Crippen MR) is 82.9 cm³/mol. The number of ether oxygens (including phenoxy) is 1. The normalized spacial score (nSPS) is 16.4. The summed E-state index contributed by atoms with van der Waals surface area (Å²) < 4.78 is 31.5. The van der Waals surface area contributed by atoms with Crippen LogP contribution in [-0.2, 0) is 27.6 Å². The molecular weight excluding hydrogens is 342 g/mol. The van der Waals surface area contributed by atoms with Gasteiger partial charge in [-0.25, -0.2) is 8.42 Å². The van der Waals surface area contributed by atoms with Gasteiger partial charge in [-0.1, -0.05) is 22.0 Å². The summed E-state index contributed by atoms with van der Waals surface area (Å²) in [5, 5.41) is 0. The molecule has 0 spiro atoms. The van der Waals surface area contributed by atoms with Crippen LogP contribution in [0.4, 0.5) is 0 Å². The van der Waals surface area contributed by atoms with Crippen molar-refractivity contribution in [2.24, 2.45) is 0 Å². The number of methoxy groups -OCH3 is 1. The van der Waals surface area contributed by atoms with Crippen LogP contribution in [0.2, 0.25) is 0 Å². The Morgan fingerprint density at radius 1 is 1.35 bits per heavy atom. The number of halogens is 1. The van der Waals surface area contributed by atoms with E-state index in [1.165, 1.54) is 15.4 Å². The fourth-order valence-corrected chi connectivity index (χ4v) is 4.66. The van der Waals surface area contributed by atoms with Crippen LogP contribution in [0.1, 0.15) is 17.5 Å². The minimum absolute atomic E-state index is 0.0123. The van der Waals surface area contributed by atoms with Gasteiger partial charge in [-0.3, -0.25) is 0 Å². The first-order valence-corrected chi connectivity index (χ1v) is 9.02. The molecule has 0 saturated heterocycles. The Bertz CT molecular complexity index is 574. The van der Waals surface area contributed by atoms with Crippen LogP contribution in [0, 0.1) is 0 Å². The lowest BCUT2D eigenvalue weighted by atomic mass is 10.1. The summed E-state index contributed by atoms with van der Waals surface area (Å²) in [5.74, 6) is 0. The number of sulfonamides is 1. The fourth-order valence-electron chi connectivity index (χ4n) is 2.50. The summed E-state index contributed by atoms with van der Waals surface area (Å²) in [6.45, 7) is 0.858. The van der Waals surface area contributed by atoms with Gasteiger partial charge < -0.3 is 4.74 Å². The van der Waals surface area contributed by atoms with Gasteiger partial charge in [-0.05, 0) is 42.5 Å². The van der Waals surface area contributed by atoms with Crippen LogP contribution in [-0.4, -0.2) is 44.9 Å². The van der Waals surface area contributed by atoms with Gasteiger partial charge in [0.25, 0.3) is 0 Å². The van der Waals surface area contributed by atoms with E-state index >= 15 is 0 Å². The fraction of sp³-hybridized carbons (Fsp3) is 0.571. The summed E-state index contributed by atoms with van der Waals surface area (Å²) in [7, 11) is -0.222. The molecule has 1 atom stereocenters. The second-order valence-electron chi connectivity index (χ2n) is 5.12. The maximum absolute atomic E-state index is 12.5. The van der Waals surface area contributed by atoms with Crippen LogP contribution in [0.5, 0.6) is 0 Å². The van der Waals surface area contributed by atoms with Crippen molar-refractivity contribution in [2.45, 2.75) is 29.0 Å². The molecule has 0 aromatic heterocycles. The highest BCUT2D eigenvalue weighted by Crippen LogP contribution is 2.26. The van der Waals surface area contributed by atoms with Crippen LogP contribution in [0.25, 0.3) is 0 Å². The van der Waals surface area contributed by atoms with Crippen molar-refractivity contribution in [3.8, 4) is 0 Å². The molecule has 0 amide bonds. The predicted octanol–water partition coefficient (Wildman–Crippen LogP) is 2.21. The first-order chi connectivity index (χ1) is 9.45. The zero-order valence-electron chi connectivity index (χ0n) is 11.8. The number of rotatable bonds is 6. The maximum Gasteiger partial charge on any atom is 0.242 e. The van der Waals surface area contributed by atoms with Gasteiger partial charge in [0.15, 0.2) is 0 Å². The van der Waals surface area contributed by atoms with Gasteiger partial charge in [-0.15, -0.1) is 0 Å². The van der Waals surface area contributed by atoms with E-state index in [-0.39, 0.29) is 4.83 Å². The molecule has 0 heterocycles. The zero-order chi connectivity index (χ0) is 14.8. The molecule has 112 valence electrons. The van der Waals surface area contributed by atoms with Gasteiger partial charge in [0.2, 0.25) is 10.0 Å². The van der Waals surface area contributed by atoms with E-state index in [0.717, 1.165) is 19.3 Å². The average Bonchev–Trinajstić information content (AvgIpc) is 2.85. The summed E-state index contributed by atoms with van der Waals surface area (Å²) in [6.07, 6.45) is 3.15. The molecule has 2 rings (SSSR count). The molecule has 0 fully saturated rings. The quantitative estimate of drug-likeness (QED) is 0.729. The Balaban J connectivity index is 2.17. The number of hydrogen-bond donors (Lipinski definition) is 0. The highest BCUT2D eigenvalue weighted by Gasteiger charge is 2.24. The average molecular weight is 362 g/mol. The molecule has 1 aliphatic carbocycles. The van der Waals surface area contributed by atoms with Crippen molar-refractivity contribution in [3.63, 3.8) is 0 Å². The number of fused-ring (bicyclic) bond motifs is 1. The molecule has 0 aliphatic heterocycles. The third kappa shape index (κ3) is 3.42. The third-order valence-electron chi connectivity index (χ3n) is 3.58. The number of benzene rings is 1. The summed E-state index contributed by atoms with van der Waals surface area (Å²) >= 11 is 3.42. The van der Waals surface area contributed by atoms with Crippen LogP contribution in [0.15, 0.2) is 23.1 Å². The molecule has 0 radical (unpaired) electrons. The molecule has 1 aromatic carbocycles. The lowest BCUT2D eigenvalue weighted by Gasteiger charge is -2.20. The molecule has 0 saturated carbocycles. The first kappa shape index (κ1) is 15.9. The van der Waals surface area contributed by atoms with Crippen molar-refractivity contribution >= 4 is 26.0 Å². The minimum atomic E-state index is -3.43. The van der Waals surface area contributed by atoms with Crippen molar-refractivity contribution < 1.29 is 13.2 Å². The molecule has 0 N–H and O–H groups in total. The van der Waals surface area contributed by atoms with Gasteiger partial charge in [0.1, 0.15) is 0 Å². The van der Waals surface area contributed by atoms with Gasteiger partial charge in [-0.2, -0.15) is 4.31 Å². The molecule has 1 aromatic rings. The van der Waals surface area contributed by atoms with Crippen LogP contribution < -0.4 is 0 Å². The highest BCUT2D eigenvalue weighted by molar-refractivity contribution is 9.09. The van der Waals surface area contributed by atoms with Crippen LogP contribution >= 0.6 is 15.9 Å². The van der Waals surface area contributed by atoms with E-state index < -0.39 is 10.0 Å². The third-order valence-corrected chi connectivity index (χ3v) is 5.95. The Kier molecular flexibility index (Phi) is 5.23. The number of hydrogen-bond acceptors (Lipinski definition) is 3. The van der Waals surface area contributed by atoms with Crippen molar-refractivity contribution in [3.05, 3.63) is 29.3 Å². The standard InChI is InChI=1S/C14H20BrNO3S/c1-16(9-13(15)10-19-2)20(17,18)14-7-6-11-4-3-5-12(11)8-14/h6-8,13H,3-5,9-10H2,1-2H3. The molecule has 6 heteroatoms. The van der Waals surface area contributed by atoms with E-state index in [1.807, 2.05) is 12.1 Å². The molecule has 1 aliphatic rings. The lowest BCUT2D eigenvalue weighted by molar-refractivity contribution is 0.195. The molecule has 20 heavy (non-hydrogen) atoms. The highest BCUT2D eigenvalue weighted by atomic mass is 79.9. The van der Waals surface area contributed by atoms with Crippen LogP contribution in [0.3, 0.4) is 0 Å². The van der Waals surface area contributed by atoms with E-state index in [9.17, 15) is 8.42 Å². The molecule has 1 unspecified atom stereocenters. The Labute approximate surface area is 129 Å². The summed E-state index contributed by atoms with van der Waals surface area (Å²) in [4.78, 5) is 0.375. The summed E-state index contributed by atoms with van der Waals surface area (Å²) in [6, 6.07) is 5.49. The molecular formula is C14H20BrNO3S. The van der Waals surface area contributed by atoms with Crippen molar-refractivity contribution in [1.29, 1.82) is 0 Å². The zero-order valence-corrected chi connectivity index (χ0v) is 14.2. The van der Waals surface area contributed by atoms with Gasteiger partial charge >= 0.3 is 0 Å². The van der Waals surface area contributed by atoms with E-state index in [1.54, 1.807) is 20.2 Å². The summed E-state index contributed by atoms with van der Waals surface area (Å²) in [5.41, 5.74) is 2.45. The Morgan fingerprint density at radius 3 is 2.75 bits per heavy atom. The van der Waals surface area contributed by atoms with Gasteiger partial charge in [0.05, 0.1) is 16.3 Å². The number of aryl methyl sites for hydroxylation is 2. The number of alkyl halides is 1. The second-order valence-corrected chi connectivity index (χ2v) is 8.46. The topological polar surface area (TPSA) is 46.6 Å². The van der Waals surface area contributed by atoms with E-state index in [0.29, 0.717) is 18.0 Å². The van der Waals surface area contributed by atoms with E-state index in [2.05, 4.69) is 15.9 Å². The lowest BCUT2D eigenvalue weighted by Crippen LogP contribution is -2.33. The van der Waals surface area contributed by atoms with Crippen molar-refractivity contribution in [1.82, 2.24) is 4.31 Å². The monoisotopic (exact) mass is 361 g/mol. The first-order valence-electron chi connectivity index (χ1n) is 6.66. The Hall–Kier alpha value is -0.430. The SMILES string of the molecule is COCC(Br)CN(C)S(=O)(=O)c1ccc2c(c1)CCC2. The second kappa shape index (κ2) is 6.56. The maximum atomic E-state index is 12.5. The molecule has 0 bridgehead atoms. The smallest absolute Gasteiger partial charge is 0.242 e. The molecule has 4 nitrogen and oxygen atoms in total. The van der Waals surface area contributed by atoms with Crippen molar-refractivity contribution in [2.75, 3.05) is 27.3 Å². The van der Waals surface area contributed by atoms with E-state index in [4.69, 9.17) is 4.74 Å². The largest absolute Gasteiger partial charge is 0.383 e.